The van der Waals surface area contributed by atoms with Crippen LogP contribution < -0.4 is 16.4 Å². The van der Waals surface area contributed by atoms with Crippen LogP contribution in [0.5, 0.6) is 0 Å². The lowest BCUT2D eigenvalue weighted by atomic mass is 10.2. The first-order valence-corrected chi connectivity index (χ1v) is 6.79. The summed E-state index contributed by atoms with van der Waals surface area (Å²) in [4.78, 5) is 36.2. The molecule has 0 spiro atoms. The van der Waals surface area contributed by atoms with Gasteiger partial charge in [-0.1, -0.05) is 0 Å². The van der Waals surface area contributed by atoms with Crippen LogP contribution >= 0.6 is 11.3 Å². The first-order valence-electron chi connectivity index (χ1n) is 5.97. The van der Waals surface area contributed by atoms with E-state index < -0.39 is 23.8 Å². The van der Waals surface area contributed by atoms with Crippen molar-refractivity contribution in [2.75, 3.05) is 7.05 Å². The normalized spacial score (nSPS) is 12.1. The van der Waals surface area contributed by atoms with Crippen molar-refractivity contribution in [3.8, 4) is 0 Å². The molecule has 4 N–H and O–H groups in total. The van der Waals surface area contributed by atoms with Crippen LogP contribution in [0.1, 0.15) is 16.2 Å². The van der Waals surface area contributed by atoms with E-state index in [2.05, 4.69) is 10.6 Å². The van der Waals surface area contributed by atoms with Crippen LogP contribution in [0.15, 0.2) is 18.2 Å². The molecule has 6 nitrogen and oxygen atoms in total. The van der Waals surface area contributed by atoms with Crippen molar-refractivity contribution in [2.24, 2.45) is 5.73 Å². The van der Waals surface area contributed by atoms with Gasteiger partial charge >= 0.3 is 0 Å². The van der Waals surface area contributed by atoms with E-state index in [1.165, 1.54) is 13.1 Å². The lowest BCUT2D eigenvalue weighted by molar-refractivity contribution is -0.129. The number of likely N-dealkylation sites (N-methyl/N-ethyl adjacent to an activating group) is 1. The minimum Gasteiger partial charge on any atom is -0.370 e. The Labute approximate surface area is 121 Å². The average Bonchev–Trinajstić information content (AvgIpc) is 2.80. The van der Waals surface area contributed by atoms with Gasteiger partial charge in [-0.05, 0) is 25.1 Å². The molecule has 0 aliphatic carbocycles. The number of nitrogens with two attached hydrogens (primary N) is 1. The van der Waals surface area contributed by atoms with Crippen LogP contribution in [0, 0.1) is 6.92 Å². The van der Waals surface area contributed by atoms with Crippen LogP contribution in [-0.4, -0.2) is 30.8 Å². The van der Waals surface area contributed by atoms with Crippen molar-refractivity contribution in [3.05, 3.63) is 28.0 Å². The van der Waals surface area contributed by atoms with Gasteiger partial charge in [-0.2, -0.15) is 0 Å². The zero-order valence-corrected chi connectivity index (χ0v) is 12.1. The van der Waals surface area contributed by atoms with Crippen molar-refractivity contribution in [1.29, 1.82) is 0 Å². The number of rotatable bonds is 6. The van der Waals surface area contributed by atoms with Crippen molar-refractivity contribution in [3.63, 3.8) is 0 Å². The molecule has 0 saturated carbocycles. The zero-order chi connectivity index (χ0) is 15.1. The maximum absolute atomic E-state index is 11.7. The number of carbonyl (C=O) groups is 3. The summed E-state index contributed by atoms with van der Waals surface area (Å²) in [6.07, 6.45) is 2.73. The fourth-order valence-corrected chi connectivity index (χ4v) is 2.29. The van der Waals surface area contributed by atoms with E-state index in [9.17, 15) is 14.4 Å². The molecule has 1 rings (SSSR count). The summed E-state index contributed by atoms with van der Waals surface area (Å²) < 4.78 is 0. The number of primary amides is 1. The zero-order valence-electron chi connectivity index (χ0n) is 11.3. The van der Waals surface area contributed by atoms with Gasteiger partial charge in [0.2, 0.25) is 17.7 Å². The SMILES string of the molecule is CNC(=O)[C@H](CC(N)=O)NC(=O)/C=C/c1ccc(C)s1. The minimum atomic E-state index is -0.959. The molecule has 7 heteroatoms. The summed E-state index contributed by atoms with van der Waals surface area (Å²) in [6, 6.07) is 2.88. The molecule has 0 fully saturated rings. The molecule has 1 atom stereocenters. The summed E-state index contributed by atoms with van der Waals surface area (Å²) in [5, 5.41) is 4.81. The fourth-order valence-electron chi connectivity index (χ4n) is 1.51. The van der Waals surface area contributed by atoms with E-state index in [1.54, 1.807) is 17.4 Å². The molecule has 20 heavy (non-hydrogen) atoms. The van der Waals surface area contributed by atoms with Crippen LogP contribution in [0.25, 0.3) is 6.08 Å². The molecule has 1 heterocycles. The Morgan fingerprint density at radius 2 is 2.10 bits per heavy atom. The van der Waals surface area contributed by atoms with Gasteiger partial charge in [-0.25, -0.2) is 0 Å². The van der Waals surface area contributed by atoms with E-state index >= 15 is 0 Å². The fraction of sp³-hybridized carbons (Fsp3) is 0.308. The molecule has 0 unspecified atom stereocenters. The molecule has 1 aromatic heterocycles. The average molecular weight is 295 g/mol. The summed E-state index contributed by atoms with van der Waals surface area (Å²) in [6.45, 7) is 1.97. The van der Waals surface area contributed by atoms with E-state index in [-0.39, 0.29) is 6.42 Å². The van der Waals surface area contributed by atoms with E-state index in [0.717, 1.165) is 9.75 Å². The Hall–Kier alpha value is -2.15. The van der Waals surface area contributed by atoms with Gasteiger partial charge in [0.05, 0.1) is 6.42 Å². The Morgan fingerprint density at radius 3 is 2.60 bits per heavy atom. The predicted octanol–water partition coefficient (Wildman–Crippen LogP) is 0.176. The van der Waals surface area contributed by atoms with Crippen LogP contribution in [0.2, 0.25) is 0 Å². The molecule has 108 valence electrons. The molecule has 0 bridgehead atoms. The lowest BCUT2D eigenvalue weighted by Crippen LogP contribution is -2.47. The van der Waals surface area contributed by atoms with Gasteiger partial charge in [-0.15, -0.1) is 11.3 Å². The van der Waals surface area contributed by atoms with Gasteiger partial charge in [0.25, 0.3) is 0 Å². The number of carbonyl (C=O) groups excluding carboxylic acids is 3. The first kappa shape index (κ1) is 15.9. The standard InChI is InChI=1S/C13H17N3O3S/c1-8-3-4-9(20-8)5-6-12(18)16-10(7-11(14)17)13(19)15-2/h3-6,10H,7H2,1-2H3,(H2,14,17)(H,15,19)(H,16,18)/b6-5+/t10-/m0/s1. The number of hydrogen-bond acceptors (Lipinski definition) is 4. The van der Waals surface area contributed by atoms with Crippen molar-refractivity contribution in [1.82, 2.24) is 10.6 Å². The second kappa shape index (κ2) is 7.44. The van der Waals surface area contributed by atoms with Crippen molar-refractivity contribution >= 4 is 35.1 Å². The highest BCUT2D eigenvalue weighted by atomic mass is 32.1. The smallest absolute Gasteiger partial charge is 0.244 e. The first-order chi connectivity index (χ1) is 9.42. The van der Waals surface area contributed by atoms with Gasteiger partial charge in [0.15, 0.2) is 0 Å². The van der Waals surface area contributed by atoms with Crippen molar-refractivity contribution in [2.45, 2.75) is 19.4 Å². The third-order valence-electron chi connectivity index (χ3n) is 2.44. The quantitative estimate of drug-likeness (QED) is 0.652. The van der Waals surface area contributed by atoms with Crippen molar-refractivity contribution < 1.29 is 14.4 Å². The monoisotopic (exact) mass is 295 g/mol. The van der Waals surface area contributed by atoms with Crippen LogP contribution in [-0.2, 0) is 14.4 Å². The molecule has 0 aromatic carbocycles. The van der Waals surface area contributed by atoms with Gasteiger partial charge in [0, 0.05) is 22.9 Å². The Bertz CT molecular complexity index is 537. The molecule has 3 amide bonds. The summed E-state index contributed by atoms with van der Waals surface area (Å²) in [7, 11) is 1.42. The molecule has 1 aromatic rings. The number of amides is 3. The number of hydrogen-bond donors (Lipinski definition) is 3. The summed E-state index contributed by atoms with van der Waals surface area (Å²) in [5.41, 5.74) is 5.04. The van der Waals surface area contributed by atoms with E-state index in [4.69, 9.17) is 5.73 Å². The third kappa shape index (κ3) is 5.23. The van der Waals surface area contributed by atoms with Crippen LogP contribution in [0.3, 0.4) is 0 Å². The highest BCUT2D eigenvalue weighted by Crippen LogP contribution is 2.16. The highest BCUT2D eigenvalue weighted by molar-refractivity contribution is 7.12. The molecule has 0 aliphatic heterocycles. The molecule has 0 saturated heterocycles. The van der Waals surface area contributed by atoms with Gasteiger partial charge in [0.1, 0.15) is 6.04 Å². The predicted molar refractivity (Wildman–Crippen MR) is 77.9 cm³/mol. The maximum atomic E-state index is 11.7. The lowest BCUT2D eigenvalue weighted by Gasteiger charge is -2.14. The molecule has 0 radical (unpaired) electrons. The minimum absolute atomic E-state index is 0.239. The second-order valence-corrected chi connectivity index (χ2v) is 5.45. The third-order valence-corrected chi connectivity index (χ3v) is 3.41. The summed E-state index contributed by atoms with van der Waals surface area (Å²) >= 11 is 1.55. The summed E-state index contributed by atoms with van der Waals surface area (Å²) in [5.74, 6) is -1.57. The number of nitrogens with one attached hydrogen (secondary N) is 2. The molecular weight excluding hydrogens is 278 g/mol. The Balaban J connectivity index is 2.63. The Morgan fingerprint density at radius 1 is 1.40 bits per heavy atom. The largest absolute Gasteiger partial charge is 0.370 e. The van der Waals surface area contributed by atoms with Gasteiger partial charge < -0.3 is 16.4 Å². The number of aryl methyl sites for hydroxylation is 1. The number of thiophene rings is 1. The highest BCUT2D eigenvalue weighted by Gasteiger charge is 2.20. The van der Waals surface area contributed by atoms with E-state index in [1.807, 2.05) is 19.1 Å². The van der Waals surface area contributed by atoms with Gasteiger partial charge in [-0.3, -0.25) is 14.4 Å². The Kier molecular flexibility index (Phi) is 5.92. The van der Waals surface area contributed by atoms with Crippen LogP contribution in [0.4, 0.5) is 0 Å². The topological polar surface area (TPSA) is 101 Å². The molecule has 0 aliphatic rings. The maximum Gasteiger partial charge on any atom is 0.244 e. The second-order valence-electron chi connectivity index (χ2n) is 4.13. The van der Waals surface area contributed by atoms with E-state index in [0.29, 0.717) is 0 Å². The molecular formula is C13H17N3O3S.